The summed E-state index contributed by atoms with van der Waals surface area (Å²) in [6.07, 6.45) is 7.70. The molecular formula is C18H22N4O2S. The number of aryl methyl sites for hydroxylation is 1. The molecule has 2 aromatic rings. The highest BCUT2D eigenvalue weighted by atomic mass is 32.1. The minimum absolute atomic E-state index is 0.0154. The number of hydrogen-bond acceptors (Lipinski definition) is 5. The number of carbonyl (C=O) groups excluding carboxylic acids is 2. The average Bonchev–Trinajstić information content (AvgIpc) is 3.15. The van der Waals surface area contributed by atoms with Crippen LogP contribution in [0.5, 0.6) is 0 Å². The molecule has 0 unspecified atom stereocenters. The number of rotatable bonds is 6. The first-order valence-electron chi connectivity index (χ1n) is 8.61. The van der Waals surface area contributed by atoms with Crippen LogP contribution in [-0.4, -0.2) is 46.3 Å². The molecule has 1 fully saturated rings. The quantitative estimate of drug-likeness (QED) is 0.859. The third kappa shape index (κ3) is 5.09. The smallest absolute Gasteiger partial charge is 0.241 e. The topological polar surface area (TPSA) is 75.2 Å². The molecule has 1 N–H and O–H groups in total. The number of pyridine rings is 1. The maximum atomic E-state index is 12.0. The molecule has 2 amide bonds. The first-order valence-corrected chi connectivity index (χ1v) is 9.49. The van der Waals surface area contributed by atoms with Gasteiger partial charge in [-0.2, -0.15) is 0 Å². The Morgan fingerprint density at radius 3 is 2.68 bits per heavy atom. The summed E-state index contributed by atoms with van der Waals surface area (Å²) in [5.74, 6) is -0.0921. The largest absolute Gasteiger partial charge is 0.347 e. The van der Waals surface area contributed by atoms with Gasteiger partial charge in [0, 0.05) is 42.8 Å². The number of nitrogens with zero attached hydrogens (tertiary/aromatic N) is 3. The molecule has 3 rings (SSSR count). The molecule has 0 radical (unpaired) electrons. The number of carbonyl (C=O) groups is 2. The maximum absolute atomic E-state index is 12.0. The van der Waals surface area contributed by atoms with Gasteiger partial charge in [-0.15, -0.1) is 11.3 Å². The van der Waals surface area contributed by atoms with E-state index in [9.17, 15) is 9.59 Å². The second-order valence-electron chi connectivity index (χ2n) is 6.10. The van der Waals surface area contributed by atoms with E-state index in [-0.39, 0.29) is 18.4 Å². The van der Waals surface area contributed by atoms with E-state index in [2.05, 4.69) is 15.3 Å². The predicted molar refractivity (Wildman–Crippen MR) is 97.1 cm³/mol. The highest BCUT2D eigenvalue weighted by Crippen LogP contribution is 2.23. The zero-order valence-corrected chi connectivity index (χ0v) is 14.9. The van der Waals surface area contributed by atoms with Crippen LogP contribution in [0.4, 0.5) is 0 Å². The fourth-order valence-electron chi connectivity index (χ4n) is 2.81. The van der Waals surface area contributed by atoms with Gasteiger partial charge >= 0.3 is 0 Å². The zero-order valence-electron chi connectivity index (χ0n) is 14.1. The molecule has 0 saturated carbocycles. The number of thiazole rings is 1. The Hall–Kier alpha value is -2.28. The van der Waals surface area contributed by atoms with Crippen molar-refractivity contribution in [3.63, 3.8) is 0 Å². The molecular weight excluding hydrogens is 336 g/mol. The Balaban J connectivity index is 1.42. The van der Waals surface area contributed by atoms with Gasteiger partial charge in [0.15, 0.2) is 0 Å². The van der Waals surface area contributed by atoms with Gasteiger partial charge in [0.2, 0.25) is 11.8 Å². The van der Waals surface area contributed by atoms with E-state index >= 15 is 0 Å². The van der Waals surface area contributed by atoms with Crippen LogP contribution in [0.25, 0.3) is 10.6 Å². The number of aromatic nitrogens is 2. The van der Waals surface area contributed by atoms with Crippen molar-refractivity contribution in [2.24, 2.45) is 0 Å². The summed E-state index contributed by atoms with van der Waals surface area (Å²) in [4.78, 5) is 34.4. The van der Waals surface area contributed by atoms with E-state index in [1.165, 1.54) is 6.42 Å². The molecule has 25 heavy (non-hydrogen) atoms. The van der Waals surface area contributed by atoms with E-state index in [1.807, 2.05) is 22.4 Å². The van der Waals surface area contributed by atoms with Crippen molar-refractivity contribution in [3.8, 4) is 10.6 Å². The van der Waals surface area contributed by atoms with Gasteiger partial charge in [-0.05, 0) is 37.8 Å². The zero-order chi connectivity index (χ0) is 17.5. The molecule has 0 atom stereocenters. The van der Waals surface area contributed by atoms with E-state index in [0.717, 1.165) is 42.2 Å². The van der Waals surface area contributed by atoms with Crippen molar-refractivity contribution in [2.45, 2.75) is 32.1 Å². The molecule has 0 aromatic carbocycles. The minimum atomic E-state index is -0.108. The van der Waals surface area contributed by atoms with Crippen LogP contribution in [0.15, 0.2) is 29.9 Å². The highest BCUT2D eigenvalue weighted by Gasteiger charge is 2.17. The first-order chi connectivity index (χ1) is 12.2. The van der Waals surface area contributed by atoms with Crippen molar-refractivity contribution in [2.75, 3.05) is 19.6 Å². The second-order valence-corrected chi connectivity index (χ2v) is 6.96. The number of nitrogens with one attached hydrogen (secondary N) is 1. The Labute approximate surface area is 151 Å². The number of piperidine rings is 1. The van der Waals surface area contributed by atoms with Gasteiger partial charge < -0.3 is 10.2 Å². The summed E-state index contributed by atoms with van der Waals surface area (Å²) in [7, 11) is 0. The molecule has 1 aliphatic heterocycles. The Kier molecular flexibility index (Phi) is 6.11. The van der Waals surface area contributed by atoms with Crippen molar-refractivity contribution in [1.82, 2.24) is 20.2 Å². The lowest BCUT2D eigenvalue weighted by molar-refractivity contribution is -0.133. The molecule has 1 saturated heterocycles. The van der Waals surface area contributed by atoms with Gasteiger partial charge in [-0.1, -0.05) is 0 Å². The Bertz CT molecular complexity index is 711. The van der Waals surface area contributed by atoms with Gasteiger partial charge in [-0.25, -0.2) is 4.98 Å². The predicted octanol–water partition coefficient (Wildman–Crippen LogP) is 2.27. The number of likely N-dealkylation sites (tertiary alicyclic amines) is 1. The number of amides is 2. The normalized spacial score (nSPS) is 14.3. The lowest BCUT2D eigenvalue weighted by Gasteiger charge is -2.26. The van der Waals surface area contributed by atoms with Crippen LogP contribution in [-0.2, 0) is 16.0 Å². The standard InChI is InChI=1S/C18H22N4O2S/c23-16(20-12-17(24)22-10-2-1-3-11-22)5-4-15-13-25-18(21-15)14-6-8-19-9-7-14/h6-9,13H,1-5,10-12H2,(H,20,23). The van der Waals surface area contributed by atoms with Crippen molar-refractivity contribution in [1.29, 1.82) is 0 Å². The van der Waals surface area contributed by atoms with E-state index in [1.54, 1.807) is 23.7 Å². The third-order valence-electron chi connectivity index (χ3n) is 4.23. The summed E-state index contributed by atoms with van der Waals surface area (Å²) >= 11 is 1.56. The molecule has 132 valence electrons. The van der Waals surface area contributed by atoms with E-state index in [0.29, 0.717) is 12.8 Å². The minimum Gasteiger partial charge on any atom is -0.347 e. The van der Waals surface area contributed by atoms with Crippen LogP contribution >= 0.6 is 11.3 Å². The van der Waals surface area contributed by atoms with Crippen molar-refractivity contribution in [3.05, 3.63) is 35.6 Å². The van der Waals surface area contributed by atoms with Crippen LogP contribution in [0, 0.1) is 0 Å². The van der Waals surface area contributed by atoms with Crippen LogP contribution in [0.2, 0.25) is 0 Å². The Morgan fingerprint density at radius 1 is 1.16 bits per heavy atom. The molecule has 6 nitrogen and oxygen atoms in total. The van der Waals surface area contributed by atoms with Crippen molar-refractivity contribution >= 4 is 23.2 Å². The fourth-order valence-corrected chi connectivity index (χ4v) is 3.67. The lowest BCUT2D eigenvalue weighted by atomic mass is 10.1. The van der Waals surface area contributed by atoms with Crippen LogP contribution in [0.3, 0.4) is 0 Å². The first kappa shape index (κ1) is 17.5. The highest BCUT2D eigenvalue weighted by molar-refractivity contribution is 7.13. The van der Waals surface area contributed by atoms with Crippen LogP contribution in [0.1, 0.15) is 31.4 Å². The molecule has 1 aliphatic rings. The summed E-state index contributed by atoms with van der Waals surface area (Å²) in [5, 5.41) is 5.63. The fraction of sp³-hybridized carbons (Fsp3) is 0.444. The van der Waals surface area contributed by atoms with Crippen molar-refractivity contribution < 1.29 is 9.59 Å². The molecule has 3 heterocycles. The average molecular weight is 358 g/mol. The van der Waals surface area contributed by atoms with Crippen LogP contribution < -0.4 is 5.32 Å². The molecule has 0 spiro atoms. The summed E-state index contributed by atoms with van der Waals surface area (Å²) in [6, 6.07) is 3.84. The third-order valence-corrected chi connectivity index (χ3v) is 5.17. The molecule has 0 aliphatic carbocycles. The van der Waals surface area contributed by atoms with E-state index in [4.69, 9.17) is 0 Å². The summed E-state index contributed by atoms with van der Waals surface area (Å²) < 4.78 is 0. The second kappa shape index (κ2) is 8.71. The van der Waals surface area contributed by atoms with Gasteiger partial charge in [-0.3, -0.25) is 14.6 Å². The SMILES string of the molecule is O=C(CCc1csc(-c2ccncc2)n1)NCC(=O)N1CCCCC1. The molecule has 0 bridgehead atoms. The Morgan fingerprint density at radius 2 is 1.92 bits per heavy atom. The van der Waals surface area contributed by atoms with Gasteiger partial charge in [0.05, 0.1) is 12.2 Å². The summed E-state index contributed by atoms with van der Waals surface area (Å²) in [5.41, 5.74) is 1.93. The molecule has 2 aromatic heterocycles. The maximum Gasteiger partial charge on any atom is 0.241 e. The number of hydrogen-bond donors (Lipinski definition) is 1. The lowest BCUT2D eigenvalue weighted by Crippen LogP contribution is -2.42. The van der Waals surface area contributed by atoms with Gasteiger partial charge in [0.1, 0.15) is 5.01 Å². The monoisotopic (exact) mass is 358 g/mol. The summed E-state index contributed by atoms with van der Waals surface area (Å²) in [6.45, 7) is 1.72. The van der Waals surface area contributed by atoms with Gasteiger partial charge in [0.25, 0.3) is 0 Å². The van der Waals surface area contributed by atoms with E-state index < -0.39 is 0 Å². The molecule has 7 heteroatoms.